The summed E-state index contributed by atoms with van der Waals surface area (Å²) in [5.41, 5.74) is 8.67. The van der Waals surface area contributed by atoms with Gasteiger partial charge in [-0.1, -0.05) is 22.0 Å². The molecule has 33 heavy (non-hydrogen) atoms. The van der Waals surface area contributed by atoms with E-state index >= 15 is 0 Å². The van der Waals surface area contributed by atoms with Gasteiger partial charge in [0.25, 0.3) is 0 Å². The van der Waals surface area contributed by atoms with E-state index in [1.165, 1.54) is 11.6 Å². The second-order valence-electron chi connectivity index (χ2n) is 8.83. The molecule has 4 rings (SSSR count). The van der Waals surface area contributed by atoms with Gasteiger partial charge in [0, 0.05) is 35.2 Å². The minimum atomic E-state index is -4.72. The van der Waals surface area contributed by atoms with Crippen molar-refractivity contribution in [1.82, 2.24) is 15.3 Å². The van der Waals surface area contributed by atoms with Gasteiger partial charge in [-0.05, 0) is 68.9 Å². The van der Waals surface area contributed by atoms with Gasteiger partial charge in [-0.25, -0.2) is 4.98 Å². The van der Waals surface area contributed by atoms with Crippen molar-refractivity contribution in [1.29, 1.82) is 0 Å². The highest BCUT2D eigenvalue weighted by Gasteiger charge is 2.35. The monoisotopic (exact) mass is 527 g/mol. The summed E-state index contributed by atoms with van der Waals surface area (Å²) in [6.45, 7) is 0.331. The van der Waals surface area contributed by atoms with E-state index in [1.54, 1.807) is 12.1 Å². The average molecular weight is 528 g/mol. The predicted octanol–water partition coefficient (Wildman–Crippen LogP) is 5.53. The highest BCUT2D eigenvalue weighted by Crippen LogP contribution is 2.45. The van der Waals surface area contributed by atoms with Crippen LogP contribution in [0.5, 0.6) is 5.75 Å². The summed E-state index contributed by atoms with van der Waals surface area (Å²) in [6, 6.07) is 5.01. The largest absolute Gasteiger partial charge is 0.573 e. The number of fused-ring (bicyclic) bond motifs is 1. The quantitative estimate of drug-likeness (QED) is 0.457. The predicted molar refractivity (Wildman–Crippen MR) is 125 cm³/mol. The third kappa shape index (κ3) is 5.90. The Balaban J connectivity index is 1.38. The van der Waals surface area contributed by atoms with Gasteiger partial charge in [-0.2, -0.15) is 4.98 Å². The normalized spacial score (nSPS) is 23.1. The van der Waals surface area contributed by atoms with Crippen molar-refractivity contribution in [2.24, 2.45) is 5.92 Å². The standard InChI is InChI=1S/C23H29BrF3N5O/c1-29-21-20-17(3-2-4-18(20)31-22(28)32-21)13-6-9-16(10-7-13)30-12-14-5-8-15(24)11-19(14)33-23(25,26)27/h5,8,11,13,16-17,30H,2-4,6-7,9-10,12H2,1H3,(H3,28,29,31,32). The molecule has 6 nitrogen and oxygen atoms in total. The number of aryl methyl sites for hydroxylation is 1. The van der Waals surface area contributed by atoms with Crippen LogP contribution >= 0.6 is 15.9 Å². The van der Waals surface area contributed by atoms with Crippen LogP contribution in [0.2, 0.25) is 0 Å². The van der Waals surface area contributed by atoms with Crippen LogP contribution in [-0.4, -0.2) is 29.4 Å². The van der Waals surface area contributed by atoms with Crippen molar-refractivity contribution in [2.75, 3.05) is 18.1 Å². The summed E-state index contributed by atoms with van der Waals surface area (Å²) >= 11 is 3.21. The number of alkyl halides is 3. The maximum atomic E-state index is 12.8. The fraction of sp³-hybridized carbons (Fsp3) is 0.565. The van der Waals surface area contributed by atoms with Gasteiger partial charge in [0.2, 0.25) is 5.95 Å². The molecule has 0 spiro atoms. The van der Waals surface area contributed by atoms with E-state index in [0.717, 1.165) is 56.5 Å². The number of nitrogen functional groups attached to an aromatic ring is 1. The van der Waals surface area contributed by atoms with Gasteiger partial charge in [-0.3, -0.25) is 0 Å². The smallest absolute Gasteiger partial charge is 0.405 e. The molecule has 1 aromatic heterocycles. The Morgan fingerprint density at radius 2 is 1.91 bits per heavy atom. The lowest BCUT2D eigenvalue weighted by Gasteiger charge is -2.37. The van der Waals surface area contributed by atoms with E-state index in [0.29, 0.717) is 34.4 Å². The van der Waals surface area contributed by atoms with Crippen molar-refractivity contribution < 1.29 is 17.9 Å². The molecule has 4 N–H and O–H groups in total. The molecule has 180 valence electrons. The number of hydrogen-bond acceptors (Lipinski definition) is 6. The van der Waals surface area contributed by atoms with E-state index in [1.807, 2.05) is 7.05 Å². The highest BCUT2D eigenvalue weighted by atomic mass is 79.9. The molecule has 1 atom stereocenters. The van der Waals surface area contributed by atoms with E-state index < -0.39 is 6.36 Å². The lowest BCUT2D eigenvalue weighted by atomic mass is 9.71. The van der Waals surface area contributed by atoms with Crippen LogP contribution in [0.4, 0.5) is 24.9 Å². The molecule has 1 unspecified atom stereocenters. The van der Waals surface area contributed by atoms with Crippen LogP contribution < -0.4 is 21.1 Å². The maximum absolute atomic E-state index is 12.8. The van der Waals surface area contributed by atoms with Gasteiger partial charge < -0.3 is 21.1 Å². The Hall–Kier alpha value is -2.07. The molecule has 0 radical (unpaired) electrons. The number of anilines is 2. The van der Waals surface area contributed by atoms with Gasteiger partial charge in [-0.15, -0.1) is 13.2 Å². The second kappa shape index (κ2) is 10.0. The Morgan fingerprint density at radius 1 is 1.15 bits per heavy atom. The van der Waals surface area contributed by atoms with Crippen molar-refractivity contribution in [2.45, 2.75) is 69.8 Å². The van der Waals surface area contributed by atoms with Gasteiger partial charge >= 0.3 is 6.36 Å². The maximum Gasteiger partial charge on any atom is 0.573 e. The Morgan fingerprint density at radius 3 is 2.61 bits per heavy atom. The first-order valence-electron chi connectivity index (χ1n) is 11.3. The summed E-state index contributed by atoms with van der Waals surface area (Å²) in [7, 11) is 1.87. The summed E-state index contributed by atoms with van der Waals surface area (Å²) < 4.78 is 43.1. The molecule has 0 saturated heterocycles. The van der Waals surface area contributed by atoms with Gasteiger partial charge in [0.15, 0.2) is 0 Å². The first-order chi connectivity index (χ1) is 15.7. The third-order valence-electron chi connectivity index (χ3n) is 6.76. The van der Waals surface area contributed by atoms with Gasteiger partial charge in [0.05, 0.1) is 5.69 Å². The lowest BCUT2D eigenvalue weighted by molar-refractivity contribution is -0.274. The third-order valence-corrected chi connectivity index (χ3v) is 7.25. The average Bonchev–Trinajstić information content (AvgIpc) is 2.77. The fourth-order valence-electron chi connectivity index (χ4n) is 5.28. The minimum Gasteiger partial charge on any atom is -0.405 e. The van der Waals surface area contributed by atoms with Crippen LogP contribution in [0.15, 0.2) is 22.7 Å². The first kappa shape index (κ1) is 24.1. The zero-order chi connectivity index (χ0) is 23.6. The number of ether oxygens (including phenoxy) is 1. The fourth-order valence-corrected chi connectivity index (χ4v) is 5.63. The minimum absolute atomic E-state index is 0.171. The molecule has 1 heterocycles. The molecule has 1 fully saturated rings. The number of aromatic nitrogens is 2. The van der Waals surface area contributed by atoms with Crippen LogP contribution in [0.25, 0.3) is 0 Å². The van der Waals surface area contributed by atoms with Crippen molar-refractivity contribution >= 4 is 27.7 Å². The molecular weight excluding hydrogens is 499 g/mol. The Kier molecular flexibility index (Phi) is 7.33. The van der Waals surface area contributed by atoms with Gasteiger partial charge in [0.1, 0.15) is 11.6 Å². The SMILES string of the molecule is CNc1nc(N)nc2c1C(C1CCC(NCc3ccc(Br)cc3OC(F)(F)F)CC1)CCC2. The number of nitrogens with zero attached hydrogens (tertiary/aromatic N) is 2. The number of rotatable bonds is 6. The highest BCUT2D eigenvalue weighted by molar-refractivity contribution is 9.10. The number of halogens is 4. The lowest BCUT2D eigenvalue weighted by Crippen LogP contribution is -2.35. The first-order valence-corrected chi connectivity index (χ1v) is 12.1. The zero-order valence-electron chi connectivity index (χ0n) is 18.5. The summed E-state index contributed by atoms with van der Waals surface area (Å²) in [4.78, 5) is 8.92. The second-order valence-corrected chi connectivity index (χ2v) is 9.75. The molecule has 2 aromatic rings. The molecule has 10 heteroatoms. The molecular formula is C23H29BrF3N5O. The van der Waals surface area contributed by atoms with Crippen molar-refractivity contribution in [3.63, 3.8) is 0 Å². The number of hydrogen-bond donors (Lipinski definition) is 3. The molecule has 2 aliphatic rings. The van der Waals surface area contributed by atoms with E-state index in [2.05, 4.69) is 41.3 Å². The van der Waals surface area contributed by atoms with E-state index in [-0.39, 0.29) is 11.8 Å². The molecule has 1 saturated carbocycles. The zero-order valence-corrected chi connectivity index (χ0v) is 20.1. The van der Waals surface area contributed by atoms with E-state index in [9.17, 15) is 13.2 Å². The summed E-state index contributed by atoms with van der Waals surface area (Å²) in [5.74, 6) is 1.94. The topological polar surface area (TPSA) is 85.1 Å². The van der Waals surface area contributed by atoms with Crippen LogP contribution in [0.3, 0.4) is 0 Å². The van der Waals surface area contributed by atoms with Crippen LogP contribution in [0, 0.1) is 5.92 Å². The van der Waals surface area contributed by atoms with E-state index in [4.69, 9.17) is 5.73 Å². The Labute approximate surface area is 200 Å². The number of nitrogens with one attached hydrogen (secondary N) is 2. The van der Waals surface area contributed by atoms with Crippen molar-refractivity contribution in [3.8, 4) is 5.75 Å². The molecule has 0 bridgehead atoms. The Bertz CT molecular complexity index is 962. The summed E-state index contributed by atoms with van der Waals surface area (Å²) in [5, 5.41) is 6.64. The molecule has 2 aliphatic carbocycles. The molecule has 0 aliphatic heterocycles. The molecule has 0 amide bonds. The number of nitrogens with two attached hydrogens (primary N) is 1. The summed E-state index contributed by atoms with van der Waals surface area (Å²) in [6.07, 6.45) is 2.50. The van der Waals surface area contributed by atoms with Crippen molar-refractivity contribution in [3.05, 3.63) is 39.5 Å². The number of benzene rings is 1. The van der Waals surface area contributed by atoms with Crippen LogP contribution in [0.1, 0.15) is 61.3 Å². The molecule has 1 aromatic carbocycles. The van der Waals surface area contributed by atoms with Crippen LogP contribution in [-0.2, 0) is 13.0 Å².